The molecule has 4 nitrogen and oxygen atoms in total. The highest BCUT2D eigenvalue weighted by atomic mass is 19.4. The van der Waals surface area contributed by atoms with Crippen molar-refractivity contribution in [1.82, 2.24) is 5.32 Å². The lowest BCUT2D eigenvalue weighted by Crippen LogP contribution is -2.23. The Labute approximate surface area is 130 Å². The normalized spacial score (nSPS) is 11.1. The predicted molar refractivity (Wildman–Crippen MR) is 77.1 cm³/mol. The van der Waals surface area contributed by atoms with Crippen molar-refractivity contribution < 1.29 is 27.8 Å². The van der Waals surface area contributed by atoms with Gasteiger partial charge in [-0.25, -0.2) is 0 Å². The Morgan fingerprint density at radius 1 is 1.17 bits per heavy atom. The highest BCUT2D eigenvalue weighted by Crippen LogP contribution is 2.23. The van der Waals surface area contributed by atoms with Crippen molar-refractivity contribution in [1.29, 1.82) is 0 Å². The molecule has 0 radical (unpaired) electrons. The quantitative estimate of drug-likeness (QED) is 0.904. The van der Waals surface area contributed by atoms with E-state index in [4.69, 9.17) is 0 Å². The minimum Gasteiger partial charge on any atom is -0.507 e. The van der Waals surface area contributed by atoms with Crippen molar-refractivity contribution in [2.24, 2.45) is 0 Å². The fraction of sp³-hybridized carbons (Fsp3) is 0.188. The zero-order valence-electron chi connectivity index (χ0n) is 12.1. The summed E-state index contributed by atoms with van der Waals surface area (Å²) in [5, 5.41) is 12.4. The van der Waals surface area contributed by atoms with Gasteiger partial charge in [-0.3, -0.25) is 4.79 Å². The minimum absolute atomic E-state index is 0.0982. The van der Waals surface area contributed by atoms with E-state index < -0.39 is 12.3 Å². The van der Waals surface area contributed by atoms with Gasteiger partial charge in [0, 0.05) is 6.54 Å². The lowest BCUT2D eigenvalue weighted by atomic mass is 10.1. The minimum atomic E-state index is -4.74. The number of carbonyl (C=O) groups excluding carboxylic acids is 1. The van der Waals surface area contributed by atoms with E-state index in [1.165, 1.54) is 30.3 Å². The van der Waals surface area contributed by atoms with Crippen LogP contribution in [0.2, 0.25) is 0 Å². The third-order valence-electron chi connectivity index (χ3n) is 3.09. The number of aromatic hydroxyl groups is 1. The summed E-state index contributed by atoms with van der Waals surface area (Å²) < 4.78 is 39.9. The van der Waals surface area contributed by atoms with Gasteiger partial charge >= 0.3 is 6.36 Å². The summed E-state index contributed by atoms with van der Waals surface area (Å²) in [5.74, 6) is -0.898. The molecule has 0 unspecified atom stereocenters. The maximum atomic E-state index is 12.1. The average Bonchev–Trinajstić information content (AvgIpc) is 2.47. The number of phenolic OH excluding ortho intramolecular Hbond substituents is 1. The van der Waals surface area contributed by atoms with Gasteiger partial charge in [-0.2, -0.15) is 0 Å². The third-order valence-corrected chi connectivity index (χ3v) is 3.09. The zero-order chi connectivity index (χ0) is 17.0. The first-order valence-corrected chi connectivity index (χ1v) is 6.68. The molecule has 0 aromatic heterocycles. The van der Waals surface area contributed by atoms with Crippen LogP contribution in [-0.4, -0.2) is 17.4 Å². The Morgan fingerprint density at radius 2 is 1.83 bits per heavy atom. The van der Waals surface area contributed by atoms with E-state index >= 15 is 0 Å². The van der Waals surface area contributed by atoms with Crippen molar-refractivity contribution in [3.8, 4) is 11.5 Å². The Bertz CT molecular complexity index is 697. The van der Waals surface area contributed by atoms with Gasteiger partial charge in [0.15, 0.2) is 0 Å². The Kier molecular flexibility index (Phi) is 4.78. The number of hydrogen-bond acceptors (Lipinski definition) is 3. The molecule has 7 heteroatoms. The molecule has 0 saturated carbocycles. The molecular formula is C16H14F3NO3. The largest absolute Gasteiger partial charge is 0.573 e. The first-order chi connectivity index (χ1) is 10.8. The molecule has 2 rings (SSSR count). The Morgan fingerprint density at radius 3 is 2.43 bits per heavy atom. The second-order valence-corrected chi connectivity index (χ2v) is 4.85. The van der Waals surface area contributed by atoms with E-state index in [-0.39, 0.29) is 23.6 Å². The molecule has 0 atom stereocenters. The fourth-order valence-electron chi connectivity index (χ4n) is 1.93. The molecule has 122 valence electrons. The standard InChI is InChI=1S/C16H14F3NO3/c1-10-3-2-4-13(14(10)21)15(22)20-9-11-5-7-12(8-6-11)23-16(17,18)19/h2-8,21H,9H2,1H3,(H,20,22). The van der Waals surface area contributed by atoms with Crippen molar-refractivity contribution in [3.63, 3.8) is 0 Å². The van der Waals surface area contributed by atoms with E-state index in [1.807, 2.05) is 0 Å². The lowest BCUT2D eigenvalue weighted by Gasteiger charge is -2.10. The zero-order valence-corrected chi connectivity index (χ0v) is 12.1. The molecule has 2 N–H and O–H groups in total. The number of hydrogen-bond donors (Lipinski definition) is 2. The first-order valence-electron chi connectivity index (χ1n) is 6.68. The van der Waals surface area contributed by atoms with Crippen LogP contribution in [-0.2, 0) is 6.54 Å². The molecule has 0 aliphatic carbocycles. The summed E-state index contributed by atoms with van der Waals surface area (Å²) >= 11 is 0. The van der Waals surface area contributed by atoms with Gasteiger partial charge < -0.3 is 15.2 Å². The van der Waals surface area contributed by atoms with E-state index in [2.05, 4.69) is 10.1 Å². The second kappa shape index (κ2) is 6.60. The van der Waals surface area contributed by atoms with Crippen LogP contribution in [0.3, 0.4) is 0 Å². The predicted octanol–water partition coefficient (Wildman–Crippen LogP) is 3.53. The number of benzene rings is 2. The summed E-state index contributed by atoms with van der Waals surface area (Å²) in [7, 11) is 0. The van der Waals surface area contributed by atoms with E-state index in [0.717, 1.165) is 0 Å². The number of nitrogens with one attached hydrogen (secondary N) is 1. The number of aryl methyl sites for hydroxylation is 1. The van der Waals surface area contributed by atoms with Crippen molar-refractivity contribution >= 4 is 5.91 Å². The molecule has 2 aromatic rings. The maximum Gasteiger partial charge on any atom is 0.573 e. The molecule has 0 fully saturated rings. The SMILES string of the molecule is Cc1cccc(C(=O)NCc2ccc(OC(F)(F)F)cc2)c1O. The molecule has 0 saturated heterocycles. The number of halogens is 3. The van der Waals surface area contributed by atoms with Crippen molar-refractivity contribution in [2.45, 2.75) is 19.8 Å². The van der Waals surface area contributed by atoms with E-state index in [1.54, 1.807) is 19.1 Å². The third kappa shape index (κ3) is 4.64. The van der Waals surface area contributed by atoms with Crippen LogP contribution in [0.4, 0.5) is 13.2 Å². The highest BCUT2D eigenvalue weighted by molar-refractivity contribution is 5.97. The number of carbonyl (C=O) groups is 1. The molecule has 0 aliphatic heterocycles. The number of para-hydroxylation sites is 1. The topological polar surface area (TPSA) is 58.6 Å². The second-order valence-electron chi connectivity index (χ2n) is 4.85. The number of alkyl halides is 3. The van der Waals surface area contributed by atoms with Crippen molar-refractivity contribution in [3.05, 3.63) is 59.2 Å². The lowest BCUT2D eigenvalue weighted by molar-refractivity contribution is -0.274. The van der Waals surface area contributed by atoms with Gasteiger partial charge in [0.25, 0.3) is 5.91 Å². The van der Waals surface area contributed by atoms with Gasteiger partial charge in [-0.05, 0) is 36.2 Å². The molecule has 0 spiro atoms. The maximum absolute atomic E-state index is 12.1. The highest BCUT2D eigenvalue weighted by Gasteiger charge is 2.30. The van der Waals surface area contributed by atoms with Crippen LogP contribution in [0.1, 0.15) is 21.5 Å². The molecule has 23 heavy (non-hydrogen) atoms. The van der Waals surface area contributed by atoms with E-state index in [9.17, 15) is 23.1 Å². The number of ether oxygens (including phenoxy) is 1. The number of rotatable bonds is 4. The first kappa shape index (κ1) is 16.7. The van der Waals surface area contributed by atoms with E-state index in [0.29, 0.717) is 11.1 Å². The number of amides is 1. The summed E-state index contributed by atoms with van der Waals surface area (Å²) in [4.78, 5) is 12.0. The summed E-state index contributed by atoms with van der Waals surface area (Å²) in [6.45, 7) is 1.78. The molecule has 0 heterocycles. The molecular weight excluding hydrogens is 311 g/mol. The van der Waals surface area contributed by atoms with Gasteiger partial charge in [0.05, 0.1) is 5.56 Å². The smallest absolute Gasteiger partial charge is 0.507 e. The van der Waals surface area contributed by atoms with Gasteiger partial charge in [0.1, 0.15) is 11.5 Å². The van der Waals surface area contributed by atoms with Crippen LogP contribution in [0.25, 0.3) is 0 Å². The molecule has 2 aromatic carbocycles. The van der Waals surface area contributed by atoms with Crippen LogP contribution in [0.5, 0.6) is 11.5 Å². The Balaban J connectivity index is 1.98. The number of phenols is 1. The van der Waals surface area contributed by atoms with Gasteiger partial charge in [0.2, 0.25) is 0 Å². The fourth-order valence-corrected chi connectivity index (χ4v) is 1.93. The summed E-state index contributed by atoms with van der Waals surface area (Å²) in [6.07, 6.45) is -4.74. The van der Waals surface area contributed by atoms with Crippen LogP contribution >= 0.6 is 0 Å². The van der Waals surface area contributed by atoms with Gasteiger partial charge in [-0.1, -0.05) is 24.3 Å². The van der Waals surface area contributed by atoms with Crippen LogP contribution in [0, 0.1) is 6.92 Å². The average molecular weight is 325 g/mol. The summed E-state index contributed by atoms with van der Waals surface area (Å²) in [6, 6.07) is 9.96. The van der Waals surface area contributed by atoms with Gasteiger partial charge in [-0.15, -0.1) is 13.2 Å². The van der Waals surface area contributed by atoms with Crippen molar-refractivity contribution in [2.75, 3.05) is 0 Å². The molecule has 0 aliphatic rings. The Hall–Kier alpha value is -2.70. The van der Waals surface area contributed by atoms with Crippen LogP contribution in [0.15, 0.2) is 42.5 Å². The molecule has 0 bridgehead atoms. The summed E-state index contributed by atoms with van der Waals surface area (Å²) in [5.41, 5.74) is 1.31. The molecule has 1 amide bonds. The van der Waals surface area contributed by atoms with Crippen LogP contribution < -0.4 is 10.1 Å². The monoisotopic (exact) mass is 325 g/mol.